The third-order valence-corrected chi connectivity index (χ3v) is 5.36. The Labute approximate surface area is 232 Å². The van der Waals surface area contributed by atoms with Crippen molar-refractivity contribution in [2.45, 2.75) is 27.2 Å². The van der Waals surface area contributed by atoms with Crippen LogP contribution in [0.25, 0.3) is 21.9 Å². The largest absolute Gasteiger partial charge is 0.264 e. The molecule has 0 saturated carbocycles. The molecule has 3 aromatic rings. The lowest BCUT2D eigenvalue weighted by atomic mass is 9.91. The van der Waals surface area contributed by atoms with Gasteiger partial charge in [-0.25, -0.2) is 0 Å². The quantitative estimate of drug-likeness (QED) is 0.213. The van der Waals surface area contributed by atoms with Crippen LogP contribution in [-0.4, -0.2) is 4.98 Å². The number of fused-ring (bicyclic) bond motifs is 4. The Morgan fingerprint density at radius 1 is 0.737 bits per heavy atom. The molecule has 0 spiro atoms. The maximum Gasteiger partial charge on any atom is 0.0349 e. The first-order valence-corrected chi connectivity index (χ1v) is 11.2. The summed E-state index contributed by atoms with van der Waals surface area (Å²) in [6, 6.07) is 10.9. The molecule has 1 aromatic heterocycles. The topological polar surface area (TPSA) is 60.5 Å². The SMILES string of the molecule is C#CC#CC#CC#CC#CC#CC#CC#CC.Cc1c2c(c(C)c3cnccc13)-c1ccccc1C2.N#N.[HH].[HH].[HH].[HH].[HH]. The highest BCUT2D eigenvalue weighted by Crippen LogP contribution is 2.43. The molecule has 0 fully saturated rings. The first kappa shape index (κ1) is 28.0. The van der Waals surface area contributed by atoms with Crippen LogP contribution in [0.15, 0.2) is 42.7 Å². The molecule has 0 unspecified atom stereocenters. The van der Waals surface area contributed by atoms with Gasteiger partial charge in [-0.1, -0.05) is 30.2 Å². The van der Waals surface area contributed by atoms with Crippen molar-refractivity contribution in [2.24, 2.45) is 0 Å². The van der Waals surface area contributed by atoms with E-state index >= 15 is 0 Å². The molecule has 0 radical (unpaired) electrons. The molecule has 1 heterocycles. The van der Waals surface area contributed by atoms with Crippen LogP contribution in [0.5, 0.6) is 0 Å². The van der Waals surface area contributed by atoms with Crippen LogP contribution in [0.3, 0.4) is 0 Å². The van der Waals surface area contributed by atoms with Crippen molar-refractivity contribution < 1.29 is 7.13 Å². The first-order valence-electron chi connectivity index (χ1n) is 11.2. The van der Waals surface area contributed by atoms with Gasteiger partial charge in [0, 0.05) is 35.7 Å². The molecule has 0 saturated heterocycles. The Hall–Kier alpha value is -6.25. The van der Waals surface area contributed by atoms with Gasteiger partial charge in [-0.05, 0) is 155 Å². The number of nitrogens with zero attached hydrogens (tertiary/aromatic N) is 3. The van der Waals surface area contributed by atoms with Crippen LogP contribution in [-0.2, 0) is 6.42 Å². The predicted molar refractivity (Wildman–Crippen MR) is 162 cm³/mol. The Balaban J connectivity index is -0.000000304. The van der Waals surface area contributed by atoms with Crippen molar-refractivity contribution in [3.63, 3.8) is 0 Å². The van der Waals surface area contributed by atoms with Gasteiger partial charge < -0.3 is 0 Å². The summed E-state index contributed by atoms with van der Waals surface area (Å²) in [4.78, 5) is 4.30. The highest BCUT2D eigenvalue weighted by Gasteiger charge is 2.23. The molecule has 4 rings (SSSR count). The van der Waals surface area contributed by atoms with Crippen molar-refractivity contribution in [1.29, 1.82) is 10.8 Å². The highest BCUT2D eigenvalue weighted by molar-refractivity contribution is 5.97. The molecular weight excluding hydrogens is 462 g/mol. The molecule has 1 aliphatic rings. The Morgan fingerprint density at radius 3 is 1.87 bits per heavy atom. The lowest BCUT2D eigenvalue weighted by Gasteiger charge is -2.13. The van der Waals surface area contributed by atoms with Crippen LogP contribution < -0.4 is 0 Å². The monoisotopic (exact) mass is 491 g/mol. The van der Waals surface area contributed by atoms with E-state index in [0.29, 0.717) is 0 Å². The maximum atomic E-state index is 6.00. The normalized spacial score (nSPS) is 8.00. The van der Waals surface area contributed by atoms with Crippen molar-refractivity contribution in [3.8, 4) is 106 Å². The van der Waals surface area contributed by atoms with E-state index in [-0.39, 0.29) is 7.13 Å². The van der Waals surface area contributed by atoms with Gasteiger partial charge in [-0.3, -0.25) is 4.98 Å². The van der Waals surface area contributed by atoms with Gasteiger partial charge >= 0.3 is 0 Å². The van der Waals surface area contributed by atoms with Crippen LogP contribution >= 0.6 is 0 Å². The summed E-state index contributed by atoms with van der Waals surface area (Å²) in [6.07, 6.45) is 9.84. The predicted octanol–water partition coefficient (Wildman–Crippen LogP) is 6.35. The Kier molecular flexibility index (Phi) is 11.5. The lowest BCUT2D eigenvalue weighted by Crippen LogP contribution is -1.93. The molecule has 3 nitrogen and oxygen atoms in total. The first-order chi connectivity index (χ1) is 18.7. The van der Waals surface area contributed by atoms with Crippen LogP contribution in [0.2, 0.25) is 0 Å². The minimum absolute atomic E-state index is 0. The highest BCUT2D eigenvalue weighted by atomic mass is 14.6. The summed E-state index contributed by atoms with van der Waals surface area (Å²) in [5.41, 5.74) is 8.57. The third kappa shape index (κ3) is 7.37. The molecule has 38 heavy (non-hydrogen) atoms. The molecular formula is C35H29N3. The fourth-order valence-electron chi connectivity index (χ4n) is 3.87. The number of terminal acetylenes is 1. The number of pyridine rings is 1. The van der Waals surface area contributed by atoms with Crippen LogP contribution in [0.1, 0.15) is 36.3 Å². The Bertz CT molecular complexity index is 1910. The van der Waals surface area contributed by atoms with Gasteiger partial charge in [-0.2, -0.15) is 0 Å². The average molecular weight is 492 g/mol. The van der Waals surface area contributed by atoms with Gasteiger partial charge in [0.15, 0.2) is 0 Å². The fraction of sp³-hybridized carbons (Fsp3) is 0.114. The van der Waals surface area contributed by atoms with Gasteiger partial charge in [-0.15, -0.1) is 6.42 Å². The van der Waals surface area contributed by atoms with Crippen LogP contribution in [0, 0.1) is 120 Å². The van der Waals surface area contributed by atoms with Gasteiger partial charge in [0.25, 0.3) is 0 Å². The fourth-order valence-corrected chi connectivity index (χ4v) is 3.87. The van der Waals surface area contributed by atoms with E-state index in [1.807, 2.05) is 12.4 Å². The zero-order valence-corrected chi connectivity index (χ0v) is 21.2. The van der Waals surface area contributed by atoms with Crippen molar-refractivity contribution in [3.05, 3.63) is 65.0 Å². The molecule has 0 bridgehead atoms. The zero-order chi connectivity index (χ0) is 27.6. The zero-order valence-electron chi connectivity index (χ0n) is 21.2. The smallest absolute Gasteiger partial charge is 0.0349 e. The molecule has 0 atom stereocenters. The second kappa shape index (κ2) is 15.6. The van der Waals surface area contributed by atoms with Crippen LogP contribution in [0.4, 0.5) is 0 Å². The van der Waals surface area contributed by atoms with Gasteiger partial charge in [0.2, 0.25) is 0 Å². The second-order valence-electron chi connectivity index (χ2n) is 7.38. The lowest BCUT2D eigenvalue weighted by molar-refractivity contribution is 1.15. The Morgan fingerprint density at radius 2 is 1.29 bits per heavy atom. The maximum absolute atomic E-state index is 6.00. The van der Waals surface area contributed by atoms with Crippen molar-refractivity contribution in [2.75, 3.05) is 0 Å². The molecule has 2 aromatic carbocycles. The van der Waals surface area contributed by atoms with Crippen molar-refractivity contribution in [1.82, 2.24) is 4.98 Å². The average Bonchev–Trinajstić information content (AvgIpc) is 3.36. The number of hydrogen-bond donors (Lipinski definition) is 0. The summed E-state index contributed by atoms with van der Waals surface area (Å²) in [6.45, 7) is 6.17. The van der Waals surface area contributed by atoms with E-state index in [4.69, 9.17) is 17.2 Å². The summed E-state index contributed by atoms with van der Waals surface area (Å²) in [7, 11) is 0. The molecule has 0 aliphatic heterocycles. The van der Waals surface area contributed by atoms with Crippen molar-refractivity contribution >= 4 is 10.8 Å². The number of benzene rings is 2. The minimum Gasteiger partial charge on any atom is -0.264 e. The minimum atomic E-state index is 0. The molecule has 184 valence electrons. The summed E-state index contributed by atoms with van der Waals surface area (Å²) in [5.74, 6) is 36.9. The summed E-state index contributed by atoms with van der Waals surface area (Å²) >= 11 is 0. The number of aryl methyl sites for hydroxylation is 2. The molecule has 3 heteroatoms. The summed E-state index contributed by atoms with van der Waals surface area (Å²) < 4.78 is 0. The molecule has 0 N–H and O–H groups in total. The van der Waals surface area contributed by atoms with E-state index in [9.17, 15) is 0 Å². The summed E-state index contributed by atoms with van der Waals surface area (Å²) in [5, 5.41) is 14.6. The number of rotatable bonds is 0. The van der Waals surface area contributed by atoms with E-state index in [1.54, 1.807) is 6.92 Å². The van der Waals surface area contributed by atoms with E-state index in [1.165, 1.54) is 44.2 Å². The molecule has 1 aliphatic carbocycles. The van der Waals surface area contributed by atoms with E-state index in [2.05, 4.69) is 138 Å². The van der Waals surface area contributed by atoms with Gasteiger partial charge in [0.1, 0.15) is 0 Å². The second-order valence-corrected chi connectivity index (χ2v) is 7.38. The van der Waals surface area contributed by atoms with E-state index in [0.717, 1.165) is 6.42 Å². The number of aromatic nitrogens is 1. The van der Waals surface area contributed by atoms with Gasteiger partial charge in [0.05, 0.1) is 0 Å². The third-order valence-electron chi connectivity index (χ3n) is 5.36. The van der Waals surface area contributed by atoms with E-state index < -0.39 is 0 Å². The standard InChI is InChI=1S/C18H15N.C17H4.N2.5H2/c1-11-14-7-8-19-10-17(14)12(2)18-15-6-4-3-5-13(15)9-16(11)18;1-3-5-7-9-11-13-15-17-16-14-12-10-8-6-4-2;1-2;;;;;/h3-8,10H,9H2,1-2H3;1H,2H3;;5*1H. The number of hydrogen-bond acceptors (Lipinski definition) is 3. The molecule has 0 amide bonds.